The molecule has 1 aromatic carbocycles. The maximum absolute atomic E-state index is 14.2. The zero-order chi connectivity index (χ0) is 19.5. The van der Waals surface area contributed by atoms with E-state index in [9.17, 15) is 14.0 Å². The monoisotopic (exact) mass is 386 g/mol. The van der Waals surface area contributed by atoms with E-state index in [-0.39, 0.29) is 29.6 Å². The molecular formula is C20H23FN4O3. The Kier molecular flexibility index (Phi) is 5.27. The summed E-state index contributed by atoms with van der Waals surface area (Å²) in [4.78, 5) is 28.6. The van der Waals surface area contributed by atoms with E-state index < -0.39 is 17.6 Å². The van der Waals surface area contributed by atoms with Crippen LogP contribution in [0.15, 0.2) is 36.9 Å². The number of hydrogen-bond acceptors (Lipinski definition) is 4. The molecule has 0 bridgehead atoms. The Bertz CT molecular complexity index is 851. The van der Waals surface area contributed by atoms with Crippen molar-refractivity contribution in [1.82, 2.24) is 14.9 Å². The number of anilines is 1. The molecule has 2 saturated carbocycles. The zero-order valence-corrected chi connectivity index (χ0v) is 15.4. The molecule has 148 valence electrons. The first-order valence-corrected chi connectivity index (χ1v) is 9.65. The molecule has 28 heavy (non-hydrogen) atoms. The lowest BCUT2D eigenvalue weighted by molar-refractivity contribution is -0.136. The second-order valence-corrected chi connectivity index (χ2v) is 7.36. The molecule has 0 radical (unpaired) electrons. The van der Waals surface area contributed by atoms with Crippen LogP contribution in [0.4, 0.5) is 10.1 Å². The summed E-state index contributed by atoms with van der Waals surface area (Å²) in [5.74, 6) is -1.93. The van der Waals surface area contributed by atoms with E-state index in [0.29, 0.717) is 0 Å². The van der Waals surface area contributed by atoms with Crippen LogP contribution in [0.3, 0.4) is 0 Å². The summed E-state index contributed by atoms with van der Waals surface area (Å²) in [6.45, 7) is 0. The van der Waals surface area contributed by atoms with Crippen molar-refractivity contribution in [3.8, 4) is 5.75 Å². The van der Waals surface area contributed by atoms with E-state index in [0.717, 1.165) is 38.5 Å². The fraction of sp³-hybridized carbons (Fsp3) is 0.450. The molecule has 1 aromatic heterocycles. The van der Waals surface area contributed by atoms with Crippen molar-refractivity contribution < 1.29 is 18.7 Å². The lowest BCUT2D eigenvalue weighted by atomic mass is 9.96. The van der Waals surface area contributed by atoms with E-state index in [2.05, 4.69) is 15.6 Å². The first-order valence-electron chi connectivity index (χ1n) is 9.65. The molecule has 7 nitrogen and oxygen atoms in total. The molecule has 1 heterocycles. The van der Waals surface area contributed by atoms with E-state index in [1.807, 2.05) is 10.8 Å². The highest BCUT2D eigenvalue weighted by atomic mass is 19.1. The van der Waals surface area contributed by atoms with Gasteiger partial charge in [-0.2, -0.15) is 0 Å². The molecule has 0 spiro atoms. The highest BCUT2D eigenvalue weighted by Gasteiger charge is 2.31. The summed E-state index contributed by atoms with van der Waals surface area (Å²) < 4.78 is 21.7. The molecule has 2 aliphatic rings. The SMILES string of the molecule is O=C(Nc1ccc(OC2CCC2)c(F)c1)C(=O)N[C@@H]1CCC[C@H]1n1ccnc1. The summed E-state index contributed by atoms with van der Waals surface area (Å²) in [6.07, 6.45) is 10.9. The number of nitrogens with zero attached hydrogens (tertiary/aromatic N) is 2. The summed E-state index contributed by atoms with van der Waals surface area (Å²) in [5.41, 5.74) is 0.219. The van der Waals surface area contributed by atoms with Crippen LogP contribution in [0.1, 0.15) is 44.6 Å². The van der Waals surface area contributed by atoms with Gasteiger partial charge in [-0.25, -0.2) is 9.37 Å². The Morgan fingerprint density at radius 2 is 1.96 bits per heavy atom. The van der Waals surface area contributed by atoms with Gasteiger partial charge in [0, 0.05) is 24.1 Å². The Morgan fingerprint density at radius 3 is 2.64 bits per heavy atom. The second kappa shape index (κ2) is 8.00. The lowest BCUT2D eigenvalue weighted by Gasteiger charge is -2.26. The molecule has 2 fully saturated rings. The number of ether oxygens (including phenoxy) is 1. The van der Waals surface area contributed by atoms with Gasteiger partial charge in [0.05, 0.1) is 24.5 Å². The molecule has 0 aliphatic heterocycles. The highest BCUT2D eigenvalue weighted by Crippen LogP contribution is 2.30. The van der Waals surface area contributed by atoms with Crippen molar-refractivity contribution in [2.24, 2.45) is 0 Å². The number of halogens is 1. The van der Waals surface area contributed by atoms with E-state index >= 15 is 0 Å². The molecule has 4 rings (SSSR count). The Hall–Kier alpha value is -2.90. The average molecular weight is 386 g/mol. The van der Waals surface area contributed by atoms with Gasteiger partial charge >= 0.3 is 11.8 Å². The van der Waals surface area contributed by atoms with Crippen LogP contribution in [0.5, 0.6) is 5.75 Å². The quantitative estimate of drug-likeness (QED) is 0.774. The molecular weight excluding hydrogens is 363 g/mol. The summed E-state index contributed by atoms with van der Waals surface area (Å²) in [6, 6.07) is 4.13. The average Bonchev–Trinajstić information content (AvgIpc) is 3.30. The topological polar surface area (TPSA) is 85.2 Å². The predicted molar refractivity (Wildman–Crippen MR) is 100 cm³/mol. The number of amides is 2. The van der Waals surface area contributed by atoms with Gasteiger partial charge < -0.3 is 19.9 Å². The molecule has 2 aliphatic carbocycles. The van der Waals surface area contributed by atoms with Crippen LogP contribution in [0, 0.1) is 5.82 Å². The number of nitrogens with one attached hydrogen (secondary N) is 2. The Morgan fingerprint density at radius 1 is 1.14 bits per heavy atom. The minimum atomic E-state index is -0.816. The standard InChI is InChI=1S/C20H23FN4O3/c21-15-11-13(7-8-18(15)28-14-3-1-4-14)23-19(26)20(27)24-16-5-2-6-17(16)25-10-9-22-12-25/h7-12,14,16-17H,1-6H2,(H,23,26)(H,24,27)/t16-,17-/m1/s1. The van der Waals surface area contributed by atoms with Crippen LogP contribution >= 0.6 is 0 Å². The van der Waals surface area contributed by atoms with Gasteiger partial charge in [0.2, 0.25) is 0 Å². The fourth-order valence-electron chi connectivity index (χ4n) is 3.70. The maximum atomic E-state index is 14.2. The number of imidazole rings is 1. The third-order valence-electron chi connectivity index (χ3n) is 5.45. The molecule has 2 atom stereocenters. The van der Waals surface area contributed by atoms with Crippen molar-refractivity contribution in [2.45, 2.75) is 56.7 Å². The number of hydrogen-bond donors (Lipinski definition) is 2. The predicted octanol–water partition coefficient (Wildman–Crippen LogP) is 2.80. The number of carbonyl (C=O) groups is 2. The van der Waals surface area contributed by atoms with Crippen molar-refractivity contribution >= 4 is 17.5 Å². The third-order valence-corrected chi connectivity index (χ3v) is 5.45. The number of carbonyl (C=O) groups excluding carboxylic acids is 2. The molecule has 2 amide bonds. The molecule has 0 saturated heterocycles. The first-order chi connectivity index (χ1) is 13.6. The van der Waals surface area contributed by atoms with Crippen molar-refractivity contribution in [2.75, 3.05) is 5.32 Å². The van der Waals surface area contributed by atoms with E-state index in [1.165, 1.54) is 18.2 Å². The highest BCUT2D eigenvalue weighted by molar-refractivity contribution is 6.39. The van der Waals surface area contributed by atoms with Crippen molar-refractivity contribution in [3.05, 3.63) is 42.7 Å². The van der Waals surface area contributed by atoms with Gasteiger partial charge in [-0.3, -0.25) is 9.59 Å². The van der Waals surface area contributed by atoms with Gasteiger partial charge in [-0.15, -0.1) is 0 Å². The maximum Gasteiger partial charge on any atom is 0.313 e. The second-order valence-electron chi connectivity index (χ2n) is 7.36. The minimum absolute atomic E-state index is 0.0653. The summed E-state index contributed by atoms with van der Waals surface area (Å²) in [7, 11) is 0. The van der Waals surface area contributed by atoms with Gasteiger partial charge in [-0.05, 0) is 50.7 Å². The van der Waals surface area contributed by atoms with Gasteiger partial charge in [0.25, 0.3) is 0 Å². The molecule has 2 aromatic rings. The largest absolute Gasteiger partial charge is 0.487 e. The summed E-state index contributed by atoms with van der Waals surface area (Å²) in [5, 5.41) is 5.24. The number of benzene rings is 1. The Balaban J connectivity index is 1.34. The van der Waals surface area contributed by atoms with Crippen LogP contribution in [-0.2, 0) is 9.59 Å². The zero-order valence-electron chi connectivity index (χ0n) is 15.4. The molecule has 2 N–H and O–H groups in total. The molecule has 8 heteroatoms. The number of rotatable bonds is 5. The molecule has 0 unspecified atom stereocenters. The first kappa shape index (κ1) is 18.5. The van der Waals surface area contributed by atoms with Gasteiger partial charge in [0.15, 0.2) is 11.6 Å². The van der Waals surface area contributed by atoms with E-state index in [4.69, 9.17) is 4.74 Å². The van der Waals surface area contributed by atoms with Crippen LogP contribution in [0.2, 0.25) is 0 Å². The van der Waals surface area contributed by atoms with Gasteiger partial charge in [0.1, 0.15) is 0 Å². The minimum Gasteiger partial charge on any atom is -0.487 e. The van der Waals surface area contributed by atoms with Crippen molar-refractivity contribution in [1.29, 1.82) is 0 Å². The lowest BCUT2D eigenvalue weighted by Crippen LogP contribution is -2.43. The number of aromatic nitrogens is 2. The van der Waals surface area contributed by atoms with Crippen LogP contribution in [-0.4, -0.2) is 33.5 Å². The fourth-order valence-corrected chi connectivity index (χ4v) is 3.70. The van der Waals surface area contributed by atoms with Crippen LogP contribution < -0.4 is 15.4 Å². The third kappa shape index (κ3) is 4.00. The summed E-state index contributed by atoms with van der Waals surface area (Å²) >= 11 is 0. The van der Waals surface area contributed by atoms with Crippen molar-refractivity contribution in [3.63, 3.8) is 0 Å². The van der Waals surface area contributed by atoms with Gasteiger partial charge in [-0.1, -0.05) is 0 Å². The Labute approximate surface area is 162 Å². The smallest absolute Gasteiger partial charge is 0.313 e. The van der Waals surface area contributed by atoms with E-state index in [1.54, 1.807) is 12.5 Å². The van der Waals surface area contributed by atoms with Crippen LogP contribution in [0.25, 0.3) is 0 Å². The normalized spacial score (nSPS) is 21.8.